The Hall–Kier alpha value is -3.31. The molecule has 0 amide bonds. The molecule has 0 radical (unpaired) electrons. The summed E-state index contributed by atoms with van der Waals surface area (Å²) in [5, 5.41) is 92.5. The van der Waals surface area contributed by atoms with Gasteiger partial charge in [0.1, 0.15) is 77.2 Å². The largest absolute Gasteiger partial charge is 0.508 e. The van der Waals surface area contributed by atoms with Crippen molar-refractivity contribution in [3.05, 3.63) is 52.2 Å². The summed E-state index contributed by atoms with van der Waals surface area (Å²) < 4.78 is 23.1. The Kier molecular flexibility index (Phi) is 7.95. The lowest BCUT2D eigenvalue weighted by Crippen LogP contribution is -2.58. The molecule has 2 saturated heterocycles. The molecule has 0 saturated carbocycles. The number of phenols is 2. The minimum absolute atomic E-state index is 0.0361. The van der Waals surface area contributed by atoms with Gasteiger partial charge in [0, 0.05) is 17.7 Å². The first-order valence-corrected chi connectivity index (χ1v) is 12.7. The lowest BCUT2D eigenvalue weighted by atomic mass is 9.89. The van der Waals surface area contributed by atoms with E-state index in [0.717, 1.165) is 12.1 Å². The average Bonchev–Trinajstić information content (AvgIpc) is 2.94. The summed E-state index contributed by atoms with van der Waals surface area (Å²) in [4.78, 5) is 13.2. The van der Waals surface area contributed by atoms with Crippen LogP contribution in [0, 0.1) is 0 Å². The Morgan fingerprint density at radius 3 is 2.15 bits per heavy atom. The highest BCUT2D eigenvalue weighted by Crippen LogP contribution is 2.45. The molecule has 14 heteroatoms. The SMILES string of the molecule is C[C@@H]1O[C@H](Oc2cc(O)c3c(=O)cc(-c4ccc(O)cc4)oc3c2[C@@H]2O[C@H](CO)[C@H](O)[C@H](O)[C@@H]2O)[C@H](O)[C@@H](O)[C@@H]1O. The molecular weight excluding hydrogens is 548 g/mol. The van der Waals surface area contributed by atoms with Crippen molar-refractivity contribution < 1.29 is 64.6 Å². The third-order valence-electron chi connectivity index (χ3n) is 7.36. The fourth-order valence-electron chi connectivity index (χ4n) is 5.02. The summed E-state index contributed by atoms with van der Waals surface area (Å²) in [7, 11) is 0. The van der Waals surface area contributed by atoms with Gasteiger partial charge >= 0.3 is 0 Å². The molecule has 9 N–H and O–H groups in total. The van der Waals surface area contributed by atoms with E-state index in [0.29, 0.717) is 5.56 Å². The molecule has 0 unspecified atom stereocenters. The number of ether oxygens (including phenoxy) is 3. The number of fused-ring (bicyclic) bond motifs is 1. The number of aromatic hydroxyl groups is 2. The van der Waals surface area contributed by atoms with E-state index in [4.69, 9.17) is 18.6 Å². The molecule has 2 fully saturated rings. The number of hydrogen-bond acceptors (Lipinski definition) is 14. The highest BCUT2D eigenvalue weighted by molar-refractivity contribution is 5.89. The molecule has 3 aromatic rings. The maximum absolute atomic E-state index is 13.2. The Morgan fingerprint density at radius 2 is 1.49 bits per heavy atom. The summed E-state index contributed by atoms with van der Waals surface area (Å²) in [6.45, 7) is 0.637. The molecule has 0 spiro atoms. The van der Waals surface area contributed by atoms with Gasteiger partial charge in [-0.15, -0.1) is 0 Å². The predicted molar refractivity (Wildman–Crippen MR) is 137 cm³/mol. The van der Waals surface area contributed by atoms with E-state index in [-0.39, 0.29) is 33.8 Å². The first kappa shape index (κ1) is 29.2. The van der Waals surface area contributed by atoms with Crippen LogP contribution in [0.5, 0.6) is 17.2 Å². The first-order chi connectivity index (χ1) is 19.4. The van der Waals surface area contributed by atoms with Gasteiger partial charge in [-0.1, -0.05) is 0 Å². The minimum atomic E-state index is -1.88. The molecule has 5 rings (SSSR count). The zero-order valence-corrected chi connectivity index (χ0v) is 21.5. The molecule has 2 aliphatic heterocycles. The molecule has 14 nitrogen and oxygen atoms in total. The maximum atomic E-state index is 13.2. The van der Waals surface area contributed by atoms with Gasteiger partial charge in [-0.25, -0.2) is 0 Å². The second-order valence-corrected chi connectivity index (χ2v) is 10.1. The van der Waals surface area contributed by atoms with E-state index in [2.05, 4.69) is 0 Å². The van der Waals surface area contributed by atoms with Gasteiger partial charge < -0.3 is 64.6 Å². The summed E-state index contributed by atoms with van der Waals surface area (Å²) in [6, 6.07) is 7.63. The van der Waals surface area contributed by atoms with Gasteiger partial charge in [0.05, 0.1) is 18.3 Å². The van der Waals surface area contributed by atoms with E-state index in [1.165, 1.54) is 31.2 Å². The van der Waals surface area contributed by atoms with Crippen molar-refractivity contribution in [3.8, 4) is 28.6 Å². The number of benzene rings is 2. The smallest absolute Gasteiger partial charge is 0.229 e. The molecule has 3 heterocycles. The Morgan fingerprint density at radius 1 is 0.829 bits per heavy atom. The number of aliphatic hydroxyl groups excluding tert-OH is 7. The molecule has 10 atom stereocenters. The maximum Gasteiger partial charge on any atom is 0.229 e. The molecule has 0 bridgehead atoms. The zero-order valence-electron chi connectivity index (χ0n) is 21.5. The van der Waals surface area contributed by atoms with Crippen LogP contribution in [0.4, 0.5) is 0 Å². The molecule has 41 heavy (non-hydrogen) atoms. The van der Waals surface area contributed by atoms with Gasteiger partial charge in [-0.2, -0.15) is 0 Å². The lowest BCUT2D eigenvalue weighted by molar-refractivity contribution is -0.269. The quantitative estimate of drug-likeness (QED) is 0.169. The highest BCUT2D eigenvalue weighted by Gasteiger charge is 2.48. The van der Waals surface area contributed by atoms with E-state index in [1.807, 2.05) is 0 Å². The first-order valence-electron chi connectivity index (χ1n) is 12.7. The van der Waals surface area contributed by atoms with Gasteiger partial charge in [-0.05, 0) is 31.2 Å². The topological polar surface area (TPSA) is 240 Å². The van der Waals surface area contributed by atoms with Crippen LogP contribution in [0.2, 0.25) is 0 Å². The minimum Gasteiger partial charge on any atom is -0.508 e. The summed E-state index contributed by atoms with van der Waals surface area (Å²) in [5.74, 6) is -1.12. The summed E-state index contributed by atoms with van der Waals surface area (Å²) in [6.07, 6.45) is -16.1. The predicted octanol–water partition coefficient (Wildman–Crippen LogP) is -1.41. The van der Waals surface area contributed by atoms with Crippen LogP contribution in [0.3, 0.4) is 0 Å². The Bertz CT molecular complexity index is 1450. The van der Waals surface area contributed by atoms with Crippen LogP contribution in [-0.4, -0.2) is 108 Å². The van der Waals surface area contributed by atoms with Gasteiger partial charge in [0.25, 0.3) is 0 Å². The second-order valence-electron chi connectivity index (χ2n) is 10.1. The molecule has 2 aromatic carbocycles. The van der Waals surface area contributed by atoms with Gasteiger partial charge in [0.2, 0.25) is 6.29 Å². The molecule has 222 valence electrons. The van der Waals surface area contributed by atoms with Crippen molar-refractivity contribution in [2.75, 3.05) is 6.61 Å². The number of aliphatic hydroxyl groups is 7. The average molecular weight is 579 g/mol. The van der Waals surface area contributed by atoms with E-state index >= 15 is 0 Å². The standard InChI is InChI=1S/C27H30O14/c1-9-19(32)21(34)24(37)27(38-9)41-15-7-13(31)17-12(30)6-14(10-2-4-11(29)5-3-10)39-25(17)18(15)26-23(36)22(35)20(33)16(8-28)40-26/h2-7,9,16,19-24,26-29,31-37H,8H2,1H3/t9-,16+,19+,20-,21-,22-,23-,24+,26-,27+/m0/s1. The summed E-state index contributed by atoms with van der Waals surface area (Å²) in [5.41, 5.74) is -1.04. The van der Waals surface area contributed by atoms with Gasteiger partial charge in [-0.3, -0.25) is 4.79 Å². The number of hydrogen-bond donors (Lipinski definition) is 9. The fourth-order valence-corrected chi connectivity index (χ4v) is 5.02. The Labute approximate surface area is 231 Å². The van der Waals surface area contributed by atoms with Crippen LogP contribution in [0.1, 0.15) is 18.6 Å². The molecule has 1 aromatic heterocycles. The van der Waals surface area contributed by atoms with Crippen LogP contribution in [0.15, 0.2) is 45.6 Å². The fraction of sp³-hybridized carbons (Fsp3) is 0.444. The van der Waals surface area contributed by atoms with Crippen molar-refractivity contribution in [2.24, 2.45) is 0 Å². The van der Waals surface area contributed by atoms with Crippen molar-refractivity contribution in [1.82, 2.24) is 0 Å². The number of rotatable bonds is 5. The van der Waals surface area contributed by atoms with Crippen molar-refractivity contribution >= 4 is 11.0 Å². The van der Waals surface area contributed by atoms with E-state index in [1.54, 1.807) is 0 Å². The van der Waals surface area contributed by atoms with Crippen LogP contribution in [0.25, 0.3) is 22.3 Å². The van der Waals surface area contributed by atoms with E-state index < -0.39 is 79.0 Å². The second kappa shape index (κ2) is 11.2. The molecule has 0 aliphatic carbocycles. The van der Waals surface area contributed by atoms with E-state index in [9.17, 15) is 50.8 Å². The molecule has 2 aliphatic rings. The van der Waals surface area contributed by atoms with Crippen molar-refractivity contribution in [2.45, 2.75) is 68.1 Å². The monoisotopic (exact) mass is 578 g/mol. The zero-order chi connectivity index (χ0) is 29.7. The summed E-state index contributed by atoms with van der Waals surface area (Å²) >= 11 is 0. The van der Waals surface area contributed by atoms with Crippen molar-refractivity contribution in [3.63, 3.8) is 0 Å². The third kappa shape index (κ3) is 5.14. The van der Waals surface area contributed by atoms with Gasteiger partial charge in [0.15, 0.2) is 11.0 Å². The normalized spacial score (nSPS) is 34.0. The third-order valence-corrected chi connectivity index (χ3v) is 7.36. The van der Waals surface area contributed by atoms with Crippen molar-refractivity contribution in [1.29, 1.82) is 0 Å². The molecular formula is C27H30O14. The highest BCUT2D eigenvalue weighted by atomic mass is 16.7. The Balaban J connectivity index is 1.73. The van der Waals surface area contributed by atoms with Crippen LogP contribution in [-0.2, 0) is 9.47 Å². The van der Waals surface area contributed by atoms with Crippen LogP contribution < -0.4 is 10.2 Å². The lowest BCUT2D eigenvalue weighted by Gasteiger charge is -2.42. The van der Waals surface area contributed by atoms with Crippen LogP contribution >= 0.6 is 0 Å². The number of phenolic OH excluding ortho intramolecular Hbond substituents is 2.